The molecule has 1 N–H and O–H groups in total. The molecule has 0 aliphatic carbocycles. The van der Waals surface area contributed by atoms with Gasteiger partial charge in [0.05, 0.1) is 25.6 Å². The number of nitrogens with zero attached hydrogens (tertiary/aromatic N) is 1. The first-order valence-corrected chi connectivity index (χ1v) is 7.99. The maximum Gasteiger partial charge on any atom is 0.233 e. The normalized spacial score (nSPS) is 18.8. The zero-order valence-corrected chi connectivity index (χ0v) is 12.6. The minimum atomic E-state index is 0.0185. The van der Waals surface area contributed by atoms with Crippen LogP contribution in [0.5, 0.6) is 0 Å². The molecule has 1 aliphatic rings. The lowest BCUT2D eigenvalue weighted by Crippen LogP contribution is -2.31. The monoisotopic (exact) mass is 295 g/mol. The molecule has 1 aromatic carbocycles. The summed E-state index contributed by atoms with van der Waals surface area (Å²) in [5.41, 5.74) is 2.47. The van der Waals surface area contributed by atoms with Crippen molar-refractivity contribution in [3.63, 3.8) is 0 Å². The Balaban J connectivity index is 1.99. The average Bonchev–Trinajstić information content (AvgIpc) is 2.85. The van der Waals surface area contributed by atoms with Crippen molar-refractivity contribution in [2.75, 3.05) is 32.1 Å². The van der Waals surface area contributed by atoms with Crippen LogP contribution in [0.3, 0.4) is 0 Å². The van der Waals surface area contributed by atoms with E-state index in [9.17, 15) is 4.79 Å². The van der Waals surface area contributed by atoms with Gasteiger partial charge in [-0.05, 0) is 17.5 Å². The predicted octanol–water partition coefficient (Wildman–Crippen LogP) is 1.83. The summed E-state index contributed by atoms with van der Waals surface area (Å²) in [6.45, 7) is 3.52. The van der Waals surface area contributed by atoms with Crippen molar-refractivity contribution in [2.24, 2.45) is 0 Å². The fourth-order valence-electron chi connectivity index (χ4n) is 2.22. The Morgan fingerprint density at radius 3 is 2.75 bits per heavy atom. The molecule has 0 radical (unpaired) electrons. The highest BCUT2D eigenvalue weighted by atomic mass is 32.2. The molecule has 1 aromatic rings. The van der Waals surface area contributed by atoms with Crippen LogP contribution in [0.2, 0.25) is 0 Å². The van der Waals surface area contributed by atoms with Gasteiger partial charge in [-0.25, -0.2) is 0 Å². The van der Waals surface area contributed by atoms with Crippen LogP contribution >= 0.6 is 11.8 Å². The van der Waals surface area contributed by atoms with Crippen LogP contribution in [0.1, 0.15) is 23.4 Å². The molecule has 1 amide bonds. The molecule has 2 rings (SSSR count). The Bertz CT molecular complexity index is 435. The Kier molecular flexibility index (Phi) is 5.88. The lowest BCUT2D eigenvalue weighted by molar-refractivity contribution is -0.128. The minimum absolute atomic E-state index is 0.0185. The molecule has 1 unspecified atom stereocenters. The molecular formula is C15H21NO3S. The SMILES string of the molecule is CCc1ccc(C2SCC(=O)N2CCOCCO)cc1. The molecule has 4 nitrogen and oxygen atoms in total. The number of hydrogen-bond acceptors (Lipinski definition) is 4. The van der Waals surface area contributed by atoms with Crippen molar-refractivity contribution in [3.05, 3.63) is 35.4 Å². The van der Waals surface area contributed by atoms with E-state index >= 15 is 0 Å². The van der Waals surface area contributed by atoms with E-state index in [0.29, 0.717) is 25.5 Å². The van der Waals surface area contributed by atoms with E-state index in [0.717, 1.165) is 6.42 Å². The van der Waals surface area contributed by atoms with Crippen LogP contribution in [0.4, 0.5) is 0 Å². The van der Waals surface area contributed by atoms with E-state index in [1.165, 1.54) is 11.1 Å². The van der Waals surface area contributed by atoms with E-state index in [4.69, 9.17) is 9.84 Å². The van der Waals surface area contributed by atoms with Crippen molar-refractivity contribution in [1.82, 2.24) is 4.90 Å². The van der Waals surface area contributed by atoms with Gasteiger partial charge in [0, 0.05) is 6.54 Å². The summed E-state index contributed by atoms with van der Waals surface area (Å²) in [6, 6.07) is 8.46. The van der Waals surface area contributed by atoms with Gasteiger partial charge in [0.1, 0.15) is 5.37 Å². The third-order valence-corrected chi connectivity index (χ3v) is 4.61. The van der Waals surface area contributed by atoms with Crippen LogP contribution in [0.25, 0.3) is 0 Å². The summed E-state index contributed by atoms with van der Waals surface area (Å²) >= 11 is 1.66. The van der Waals surface area contributed by atoms with Crippen LogP contribution in [0, 0.1) is 0 Å². The number of aryl methyl sites for hydroxylation is 1. The number of thioether (sulfide) groups is 1. The lowest BCUT2D eigenvalue weighted by atomic mass is 10.1. The van der Waals surface area contributed by atoms with Gasteiger partial charge >= 0.3 is 0 Å². The van der Waals surface area contributed by atoms with Crippen LogP contribution in [-0.4, -0.2) is 48.0 Å². The number of carbonyl (C=O) groups is 1. The molecule has 1 aliphatic heterocycles. The molecular weight excluding hydrogens is 274 g/mol. The lowest BCUT2D eigenvalue weighted by Gasteiger charge is -2.24. The van der Waals surface area contributed by atoms with Gasteiger partial charge in [-0.2, -0.15) is 0 Å². The molecule has 20 heavy (non-hydrogen) atoms. The molecule has 0 saturated carbocycles. The standard InChI is InChI=1S/C15H21NO3S/c1-2-12-3-5-13(6-4-12)15-16(14(18)11-20-15)7-9-19-10-8-17/h3-6,15,17H,2,7-11H2,1H3. The fourth-order valence-corrected chi connectivity index (χ4v) is 3.44. The van der Waals surface area contributed by atoms with Crippen molar-refractivity contribution < 1.29 is 14.6 Å². The smallest absolute Gasteiger partial charge is 0.233 e. The Hall–Kier alpha value is -1.04. The van der Waals surface area contributed by atoms with Gasteiger partial charge in [-0.15, -0.1) is 11.8 Å². The highest BCUT2D eigenvalue weighted by molar-refractivity contribution is 8.00. The molecule has 0 spiro atoms. The van der Waals surface area contributed by atoms with E-state index < -0.39 is 0 Å². The molecule has 1 heterocycles. The third-order valence-electron chi connectivity index (χ3n) is 3.35. The molecule has 0 aromatic heterocycles. The van der Waals surface area contributed by atoms with E-state index in [1.54, 1.807) is 11.8 Å². The average molecular weight is 295 g/mol. The number of amides is 1. The van der Waals surface area contributed by atoms with Gasteiger partial charge in [-0.3, -0.25) is 4.79 Å². The van der Waals surface area contributed by atoms with Crippen LogP contribution in [0.15, 0.2) is 24.3 Å². The number of aliphatic hydroxyl groups is 1. The summed E-state index contributed by atoms with van der Waals surface area (Å²) in [5.74, 6) is 0.687. The molecule has 110 valence electrons. The number of rotatable bonds is 7. The number of benzene rings is 1. The first-order valence-electron chi connectivity index (χ1n) is 6.94. The van der Waals surface area contributed by atoms with E-state index in [2.05, 4.69) is 31.2 Å². The van der Waals surface area contributed by atoms with Crippen molar-refractivity contribution in [3.8, 4) is 0 Å². The minimum Gasteiger partial charge on any atom is -0.394 e. The predicted molar refractivity (Wildman–Crippen MR) is 80.6 cm³/mol. The van der Waals surface area contributed by atoms with Gasteiger partial charge in [-0.1, -0.05) is 31.2 Å². The van der Waals surface area contributed by atoms with Crippen molar-refractivity contribution in [2.45, 2.75) is 18.7 Å². The van der Waals surface area contributed by atoms with E-state index in [1.807, 2.05) is 4.90 Å². The first-order chi connectivity index (χ1) is 9.76. The number of ether oxygens (including phenoxy) is 1. The van der Waals surface area contributed by atoms with Gasteiger partial charge in [0.15, 0.2) is 0 Å². The zero-order chi connectivity index (χ0) is 14.4. The second-order valence-electron chi connectivity index (χ2n) is 4.68. The number of carbonyl (C=O) groups excluding carboxylic acids is 1. The van der Waals surface area contributed by atoms with Gasteiger partial charge in [0.2, 0.25) is 5.91 Å². The first kappa shape index (κ1) is 15.4. The zero-order valence-electron chi connectivity index (χ0n) is 11.7. The van der Waals surface area contributed by atoms with Crippen molar-refractivity contribution in [1.29, 1.82) is 0 Å². The summed E-state index contributed by atoms with van der Waals surface area (Å²) in [5, 5.41) is 8.77. The molecule has 1 fully saturated rings. The summed E-state index contributed by atoms with van der Waals surface area (Å²) in [6.07, 6.45) is 1.02. The maximum absolute atomic E-state index is 11.9. The number of aliphatic hydroxyl groups excluding tert-OH is 1. The summed E-state index contributed by atoms with van der Waals surface area (Å²) in [7, 11) is 0. The molecule has 1 saturated heterocycles. The van der Waals surface area contributed by atoms with Gasteiger partial charge < -0.3 is 14.7 Å². The second-order valence-corrected chi connectivity index (χ2v) is 5.75. The molecule has 5 heteroatoms. The highest BCUT2D eigenvalue weighted by Gasteiger charge is 2.32. The maximum atomic E-state index is 11.9. The van der Waals surface area contributed by atoms with Crippen LogP contribution < -0.4 is 0 Å². The fraction of sp³-hybridized carbons (Fsp3) is 0.533. The summed E-state index contributed by atoms with van der Waals surface area (Å²) in [4.78, 5) is 13.8. The largest absolute Gasteiger partial charge is 0.394 e. The van der Waals surface area contributed by atoms with Crippen LogP contribution in [-0.2, 0) is 16.0 Å². The third kappa shape index (κ3) is 3.75. The summed E-state index contributed by atoms with van der Waals surface area (Å²) < 4.78 is 5.26. The Morgan fingerprint density at radius 1 is 1.35 bits per heavy atom. The van der Waals surface area contributed by atoms with E-state index in [-0.39, 0.29) is 17.9 Å². The Labute approximate surface area is 124 Å². The van der Waals surface area contributed by atoms with Gasteiger partial charge in [0.25, 0.3) is 0 Å². The van der Waals surface area contributed by atoms with Crippen molar-refractivity contribution >= 4 is 17.7 Å². The molecule has 1 atom stereocenters. The topological polar surface area (TPSA) is 49.8 Å². The number of hydrogen-bond donors (Lipinski definition) is 1. The molecule has 0 bridgehead atoms. The second kappa shape index (κ2) is 7.67. The highest BCUT2D eigenvalue weighted by Crippen LogP contribution is 2.38. The Morgan fingerprint density at radius 2 is 2.10 bits per heavy atom. The quantitative estimate of drug-likeness (QED) is 0.780.